The highest BCUT2D eigenvalue weighted by Gasteiger charge is 2.04. The highest BCUT2D eigenvalue weighted by Crippen LogP contribution is 2.08. The van der Waals surface area contributed by atoms with Crippen molar-refractivity contribution in [1.29, 1.82) is 0 Å². The van der Waals surface area contributed by atoms with Crippen LogP contribution in [0.25, 0.3) is 0 Å². The Kier molecular flexibility index (Phi) is 6.19. The minimum Gasteiger partial charge on any atom is -0.462 e. The number of unbranched alkanes of at least 4 members (excludes halogenated alkanes) is 2. The van der Waals surface area contributed by atoms with Crippen LogP contribution < -0.4 is 5.32 Å². The fourth-order valence-electron chi connectivity index (χ4n) is 1.68. The smallest absolute Gasteiger partial charge is 0.129 e. The van der Waals surface area contributed by atoms with E-state index < -0.39 is 0 Å². The first-order valence-corrected chi connectivity index (χ1v) is 6.18. The van der Waals surface area contributed by atoms with Gasteiger partial charge in [0.25, 0.3) is 0 Å². The molecule has 0 spiro atoms. The molecule has 1 aromatic rings. The number of aliphatic hydroxyl groups is 1. The van der Waals surface area contributed by atoms with Gasteiger partial charge >= 0.3 is 0 Å². The van der Waals surface area contributed by atoms with Crippen LogP contribution in [0, 0.1) is 0 Å². The molecular weight excluding hydrogens is 202 g/mol. The van der Waals surface area contributed by atoms with E-state index in [4.69, 9.17) is 9.52 Å². The van der Waals surface area contributed by atoms with Gasteiger partial charge in [0.05, 0.1) is 6.54 Å². The summed E-state index contributed by atoms with van der Waals surface area (Å²) >= 11 is 0. The monoisotopic (exact) mass is 225 g/mol. The van der Waals surface area contributed by atoms with Crippen LogP contribution in [0.3, 0.4) is 0 Å². The second-order valence-electron chi connectivity index (χ2n) is 4.30. The minimum atomic E-state index is -0.0218. The lowest BCUT2D eigenvalue weighted by molar-refractivity contribution is 0.242. The van der Waals surface area contributed by atoms with Crippen LogP contribution in [0.2, 0.25) is 0 Å². The number of rotatable bonds is 8. The van der Waals surface area contributed by atoms with E-state index >= 15 is 0 Å². The molecule has 0 aliphatic carbocycles. The molecule has 0 aliphatic heterocycles. The van der Waals surface area contributed by atoms with Crippen molar-refractivity contribution < 1.29 is 9.52 Å². The highest BCUT2D eigenvalue weighted by molar-refractivity contribution is 5.06. The molecule has 0 aliphatic rings. The maximum absolute atomic E-state index is 8.86. The van der Waals surface area contributed by atoms with E-state index in [9.17, 15) is 0 Å². The van der Waals surface area contributed by atoms with Gasteiger partial charge in [0.2, 0.25) is 0 Å². The molecule has 1 aromatic heterocycles. The molecule has 3 heteroatoms. The zero-order valence-corrected chi connectivity index (χ0v) is 10.3. The lowest BCUT2D eigenvalue weighted by Gasteiger charge is -2.12. The minimum absolute atomic E-state index is 0.0218. The molecule has 0 saturated heterocycles. The molecule has 2 N–H and O–H groups in total. The van der Waals surface area contributed by atoms with Crippen molar-refractivity contribution in [2.75, 3.05) is 0 Å². The van der Waals surface area contributed by atoms with E-state index in [0.29, 0.717) is 11.8 Å². The highest BCUT2D eigenvalue weighted by atomic mass is 16.4. The molecule has 0 radical (unpaired) electrons. The first-order chi connectivity index (χ1) is 7.76. The summed E-state index contributed by atoms with van der Waals surface area (Å²) in [6.07, 6.45) is 5.07. The normalized spacial score (nSPS) is 12.9. The summed E-state index contributed by atoms with van der Waals surface area (Å²) in [6, 6.07) is 4.25. The molecule has 1 heterocycles. The zero-order chi connectivity index (χ0) is 11.8. The molecule has 1 atom stereocenters. The Hall–Kier alpha value is -0.800. The number of hydrogen-bond donors (Lipinski definition) is 2. The van der Waals surface area contributed by atoms with E-state index in [-0.39, 0.29) is 6.61 Å². The summed E-state index contributed by atoms with van der Waals surface area (Å²) < 4.78 is 5.40. The van der Waals surface area contributed by atoms with Gasteiger partial charge in [-0.3, -0.25) is 0 Å². The van der Waals surface area contributed by atoms with Crippen molar-refractivity contribution in [3.63, 3.8) is 0 Å². The van der Waals surface area contributed by atoms with Crippen molar-refractivity contribution in [2.45, 2.75) is 58.7 Å². The maximum Gasteiger partial charge on any atom is 0.129 e. The van der Waals surface area contributed by atoms with E-state index in [1.165, 1.54) is 25.7 Å². The zero-order valence-electron chi connectivity index (χ0n) is 10.3. The second kappa shape index (κ2) is 7.47. The van der Waals surface area contributed by atoms with Gasteiger partial charge in [-0.25, -0.2) is 0 Å². The molecule has 0 fully saturated rings. The quantitative estimate of drug-likeness (QED) is 0.669. The Morgan fingerprint density at radius 3 is 2.69 bits per heavy atom. The molecule has 92 valence electrons. The standard InChI is InChI=1S/C13H23NO2/c1-3-4-5-6-11(2)14-9-12-7-8-13(10-15)16-12/h7-8,11,14-15H,3-6,9-10H2,1-2H3. The Bertz CT molecular complexity index is 283. The average molecular weight is 225 g/mol. The van der Waals surface area contributed by atoms with Gasteiger partial charge in [-0.2, -0.15) is 0 Å². The Labute approximate surface area is 97.9 Å². The molecule has 0 bridgehead atoms. The van der Waals surface area contributed by atoms with Crippen LogP contribution in [-0.2, 0) is 13.2 Å². The largest absolute Gasteiger partial charge is 0.462 e. The summed E-state index contributed by atoms with van der Waals surface area (Å²) in [6.45, 7) is 5.14. The first kappa shape index (κ1) is 13.3. The number of aliphatic hydroxyl groups excluding tert-OH is 1. The molecule has 0 saturated carbocycles. The van der Waals surface area contributed by atoms with Gasteiger partial charge in [0.15, 0.2) is 0 Å². The first-order valence-electron chi connectivity index (χ1n) is 6.18. The fourth-order valence-corrected chi connectivity index (χ4v) is 1.68. The van der Waals surface area contributed by atoms with E-state index in [0.717, 1.165) is 12.3 Å². The summed E-state index contributed by atoms with van der Waals surface area (Å²) in [5.41, 5.74) is 0. The van der Waals surface area contributed by atoms with Gasteiger partial charge in [0.1, 0.15) is 18.1 Å². The lowest BCUT2D eigenvalue weighted by Crippen LogP contribution is -2.25. The Morgan fingerprint density at radius 2 is 2.06 bits per heavy atom. The van der Waals surface area contributed by atoms with Crippen molar-refractivity contribution in [3.05, 3.63) is 23.7 Å². The van der Waals surface area contributed by atoms with Crippen molar-refractivity contribution in [1.82, 2.24) is 5.32 Å². The van der Waals surface area contributed by atoms with Crippen molar-refractivity contribution in [2.24, 2.45) is 0 Å². The topological polar surface area (TPSA) is 45.4 Å². The van der Waals surface area contributed by atoms with E-state index in [1.807, 2.05) is 12.1 Å². The third-order valence-corrected chi connectivity index (χ3v) is 2.74. The van der Waals surface area contributed by atoms with Crippen LogP contribution in [0.4, 0.5) is 0 Å². The van der Waals surface area contributed by atoms with Crippen LogP contribution in [-0.4, -0.2) is 11.1 Å². The SMILES string of the molecule is CCCCCC(C)NCc1ccc(CO)o1. The van der Waals surface area contributed by atoms with Gasteiger partial charge in [0, 0.05) is 6.04 Å². The molecule has 0 amide bonds. The van der Waals surface area contributed by atoms with Crippen LogP contribution in [0.15, 0.2) is 16.5 Å². The summed E-state index contributed by atoms with van der Waals surface area (Å²) in [5, 5.41) is 12.3. The summed E-state index contributed by atoms with van der Waals surface area (Å²) in [7, 11) is 0. The fraction of sp³-hybridized carbons (Fsp3) is 0.692. The van der Waals surface area contributed by atoms with Crippen molar-refractivity contribution in [3.8, 4) is 0 Å². The number of nitrogens with one attached hydrogen (secondary N) is 1. The average Bonchev–Trinajstić information content (AvgIpc) is 2.74. The van der Waals surface area contributed by atoms with E-state index in [1.54, 1.807) is 0 Å². The predicted molar refractivity (Wildman–Crippen MR) is 65.1 cm³/mol. The second-order valence-corrected chi connectivity index (χ2v) is 4.30. The van der Waals surface area contributed by atoms with Crippen LogP contribution in [0.1, 0.15) is 51.1 Å². The Balaban J connectivity index is 2.18. The maximum atomic E-state index is 8.86. The number of hydrogen-bond acceptors (Lipinski definition) is 3. The lowest BCUT2D eigenvalue weighted by atomic mass is 10.1. The van der Waals surface area contributed by atoms with Gasteiger partial charge in [-0.15, -0.1) is 0 Å². The molecule has 1 unspecified atom stereocenters. The molecule has 3 nitrogen and oxygen atoms in total. The van der Waals surface area contributed by atoms with Crippen LogP contribution in [0.5, 0.6) is 0 Å². The Morgan fingerprint density at radius 1 is 1.31 bits per heavy atom. The van der Waals surface area contributed by atoms with Gasteiger partial charge in [-0.1, -0.05) is 26.2 Å². The van der Waals surface area contributed by atoms with Crippen LogP contribution >= 0.6 is 0 Å². The molecule has 1 rings (SSSR count). The van der Waals surface area contributed by atoms with Crippen molar-refractivity contribution >= 4 is 0 Å². The van der Waals surface area contributed by atoms with Gasteiger partial charge < -0.3 is 14.8 Å². The predicted octanol–water partition coefficient (Wildman–Crippen LogP) is 2.83. The number of furan rings is 1. The third kappa shape index (κ3) is 4.81. The summed E-state index contributed by atoms with van der Waals surface area (Å²) in [5.74, 6) is 1.53. The molecule has 16 heavy (non-hydrogen) atoms. The van der Waals surface area contributed by atoms with Gasteiger partial charge in [-0.05, 0) is 25.5 Å². The molecule has 0 aromatic carbocycles. The van der Waals surface area contributed by atoms with E-state index in [2.05, 4.69) is 19.2 Å². The molecular formula is C13H23NO2. The summed E-state index contributed by atoms with van der Waals surface area (Å²) in [4.78, 5) is 0. The third-order valence-electron chi connectivity index (χ3n) is 2.74.